The number of carbonyl (C=O) groups is 2. The highest BCUT2D eigenvalue weighted by molar-refractivity contribution is 5.99. The number of carbonyl (C=O) groups excluding carboxylic acids is 2. The number of aryl methyl sites for hydroxylation is 2. The van der Waals surface area contributed by atoms with E-state index < -0.39 is 0 Å². The van der Waals surface area contributed by atoms with Crippen LogP contribution in [0.5, 0.6) is 0 Å². The van der Waals surface area contributed by atoms with Gasteiger partial charge in [0.2, 0.25) is 5.91 Å². The minimum Gasteiger partial charge on any atom is -0.355 e. The Labute approximate surface area is 150 Å². The summed E-state index contributed by atoms with van der Waals surface area (Å²) >= 11 is 0. The third kappa shape index (κ3) is 5.56. The van der Waals surface area contributed by atoms with Gasteiger partial charge in [0.15, 0.2) is 5.78 Å². The molecule has 0 aliphatic carbocycles. The molecule has 0 aliphatic rings. The molecule has 0 radical (unpaired) electrons. The SMILES string of the molecule is CCC(CNC(=O)CCC(=O)c1cc(C)ccc1C)c1ccccc1. The van der Waals surface area contributed by atoms with E-state index in [1.165, 1.54) is 5.56 Å². The van der Waals surface area contributed by atoms with Crippen molar-refractivity contribution in [2.75, 3.05) is 6.54 Å². The number of amides is 1. The number of benzene rings is 2. The van der Waals surface area contributed by atoms with Gasteiger partial charge in [-0.25, -0.2) is 0 Å². The van der Waals surface area contributed by atoms with Crippen LogP contribution in [0.15, 0.2) is 48.5 Å². The summed E-state index contributed by atoms with van der Waals surface area (Å²) in [6.45, 7) is 6.63. The highest BCUT2D eigenvalue weighted by Gasteiger charge is 2.14. The summed E-state index contributed by atoms with van der Waals surface area (Å²) in [6.07, 6.45) is 1.45. The molecule has 0 bridgehead atoms. The van der Waals surface area contributed by atoms with Gasteiger partial charge in [0, 0.05) is 30.9 Å². The van der Waals surface area contributed by atoms with E-state index in [1.54, 1.807) is 0 Å². The van der Waals surface area contributed by atoms with Crippen molar-refractivity contribution in [2.24, 2.45) is 0 Å². The maximum atomic E-state index is 12.4. The lowest BCUT2D eigenvalue weighted by molar-refractivity contribution is -0.121. The first-order valence-corrected chi connectivity index (χ1v) is 8.93. The van der Waals surface area contributed by atoms with Crippen LogP contribution in [0.25, 0.3) is 0 Å². The molecule has 0 aromatic heterocycles. The van der Waals surface area contributed by atoms with Crippen molar-refractivity contribution in [1.82, 2.24) is 5.32 Å². The monoisotopic (exact) mass is 337 g/mol. The normalized spacial score (nSPS) is 11.8. The molecule has 2 aromatic carbocycles. The van der Waals surface area contributed by atoms with Gasteiger partial charge in [0.1, 0.15) is 0 Å². The second-order valence-electron chi connectivity index (χ2n) is 6.56. The van der Waals surface area contributed by atoms with Crippen LogP contribution in [0.3, 0.4) is 0 Å². The summed E-state index contributed by atoms with van der Waals surface area (Å²) in [7, 11) is 0. The van der Waals surface area contributed by atoms with Gasteiger partial charge in [-0.1, -0.05) is 55.0 Å². The molecule has 25 heavy (non-hydrogen) atoms. The van der Waals surface area contributed by atoms with Gasteiger partial charge in [-0.2, -0.15) is 0 Å². The average Bonchev–Trinajstić information content (AvgIpc) is 2.63. The summed E-state index contributed by atoms with van der Waals surface area (Å²) in [5.41, 5.74) is 3.98. The van der Waals surface area contributed by atoms with Crippen LogP contribution in [0, 0.1) is 13.8 Å². The summed E-state index contributed by atoms with van der Waals surface area (Å²) in [4.78, 5) is 24.5. The molecule has 1 amide bonds. The van der Waals surface area contributed by atoms with E-state index in [9.17, 15) is 9.59 Å². The minimum absolute atomic E-state index is 0.0338. The zero-order chi connectivity index (χ0) is 18.2. The maximum Gasteiger partial charge on any atom is 0.220 e. The van der Waals surface area contributed by atoms with Crippen molar-refractivity contribution in [3.63, 3.8) is 0 Å². The fraction of sp³-hybridized carbons (Fsp3) is 0.364. The Hall–Kier alpha value is -2.42. The van der Waals surface area contributed by atoms with E-state index in [0.717, 1.165) is 23.1 Å². The summed E-state index contributed by atoms with van der Waals surface area (Å²) in [6, 6.07) is 16.0. The van der Waals surface area contributed by atoms with Crippen LogP contribution in [-0.2, 0) is 4.79 Å². The molecule has 0 spiro atoms. The van der Waals surface area contributed by atoms with Crippen LogP contribution >= 0.6 is 0 Å². The molecule has 2 rings (SSSR count). The van der Waals surface area contributed by atoms with Crippen molar-refractivity contribution in [1.29, 1.82) is 0 Å². The van der Waals surface area contributed by atoms with E-state index >= 15 is 0 Å². The fourth-order valence-electron chi connectivity index (χ4n) is 2.95. The van der Waals surface area contributed by atoms with Gasteiger partial charge in [-0.3, -0.25) is 9.59 Å². The van der Waals surface area contributed by atoms with Gasteiger partial charge in [-0.15, -0.1) is 0 Å². The highest BCUT2D eigenvalue weighted by Crippen LogP contribution is 2.18. The highest BCUT2D eigenvalue weighted by atomic mass is 16.2. The quantitative estimate of drug-likeness (QED) is 0.717. The molecule has 1 unspecified atom stereocenters. The first-order chi connectivity index (χ1) is 12.0. The third-order valence-electron chi connectivity index (χ3n) is 4.58. The van der Waals surface area contributed by atoms with Crippen molar-refractivity contribution >= 4 is 11.7 Å². The van der Waals surface area contributed by atoms with Gasteiger partial charge in [0.25, 0.3) is 0 Å². The van der Waals surface area contributed by atoms with Crippen molar-refractivity contribution in [3.8, 4) is 0 Å². The Morgan fingerprint density at radius 1 is 1.00 bits per heavy atom. The fourth-order valence-corrected chi connectivity index (χ4v) is 2.95. The predicted molar refractivity (Wildman–Crippen MR) is 102 cm³/mol. The molecular formula is C22H27NO2. The number of nitrogens with one attached hydrogen (secondary N) is 1. The lowest BCUT2D eigenvalue weighted by Gasteiger charge is -2.16. The molecule has 3 heteroatoms. The van der Waals surface area contributed by atoms with Crippen molar-refractivity contribution in [2.45, 2.75) is 46.0 Å². The lowest BCUT2D eigenvalue weighted by Crippen LogP contribution is -2.28. The molecule has 0 aliphatic heterocycles. The van der Waals surface area contributed by atoms with Crippen LogP contribution < -0.4 is 5.32 Å². The first-order valence-electron chi connectivity index (χ1n) is 8.93. The Balaban J connectivity index is 1.84. The zero-order valence-corrected chi connectivity index (χ0v) is 15.3. The van der Waals surface area contributed by atoms with Crippen LogP contribution in [-0.4, -0.2) is 18.2 Å². The van der Waals surface area contributed by atoms with E-state index in [0.29, 0.717) is 12.5 Å². The first kappa shape index (κ1) is 18.9. The zero-order valence-electron chi connectivity index (χ0n) is 15.3. The van der Waals surface area contributed by atoms with Crippen LogP contribution in [0.1, 0.15) is 59.2 Å². The summed E-state index contributed by atoms with van der Waals surface area (Å²) in [5.74, 6) is 0.277. The molecule has 0 fully saturated rings. The number of Topliss-reactive ketones (excluding diaryl/α,β-unsaturated/α-hetero) is 1. The standard InChI is InChI=1S/C22H27NO2/c1-4-18(19-8-6-5-7-9-19)15-23-22(25)13-12-21(24)20-14-16(2)10-11-17(20)3/h5-11,14,18H,4,12-13,15H2,1-3H3,(H,23,25). The molecule has 0 saturated heterocycles. The third-order valence-corrected chi connectivity index (χ3v) is 4.58. The molecule has 1 atom stereocenters. The molecule has 2 aromatic rings. The number of hydrogen-bond donors (Lipinski definition) is 1. The summed E-state index contributed by atoms with van der Waals surface area (Å²) < 4.78 is 0. The maximum absolute atomic E-state index is 12.4. The Kier molecular flexibility index (Phi) is 6.93. The average molecular weight is 337 g/mol. The van der Waals surface area contributed by atoms with Gasteiger partial charge in [0.05, 0.1) is 0 Å². The van der Waals surface area contributed by atoms with Gasteiger partial charge in [-0.05, 0) is 37.5 Å². The molecule has 3 nitrogen and oxygen atoms in total. The van der Waals surface area contributed by atoms with E-state index in [-0.39, 0.29) is 24.5 Å². The summed E-state index contributed by atoms with van der Waals surface area (Å²) in [5, 5.41) is 2.97. The van der Waals surface area contributed by atoms with Gasteiger partial charge >= 0.3 is 0 Å². The topological polar surface area (TPSA) is 46.2 Å². The lowest BCUT2D eigenvalue weighted by atomic mass is 9.96. The molecular weight excluding hydrogens is 310 g/mol. The second kappa shape index (κ2) is 9.16. The second-order valence-corrected chi connectivity index (χ2v) is 6.56. The Morgan fingerprint density at radius 3 is 2.40 bits per heavy atom. The van der Waals surface area contributed by atoms with E-state index in [2.05, 4.69) is 24.4 Å². The Morgan fingerprint density at radius 2 is 1.72 bits per heavy atom. The van der Waals surface area contributed by atoms with E-state index in [1.807, 2.05) is 50.2 Å². The number of hydrogen-bond acceptors (Lipinski definition) is 2. The van der Waals surface area contributed by atoms with Crippen molar-refractivity contribution < 1.29 is 9.59 Å². The number of ketones is 1. The number of rotatable bonds is 8. The predicted octanol–water partition coefficient (Wildman–Crippen LogP) is 4.58. The van der Waals surface area contributed by atoms with Crippen molar-refractivity contribution in [3.05, 3.63) is 70.8 Å². The Bertz CT molecular complexity index is 722. The molecule has 132 valence electrons. The molecule has 0 heterocycles. The molecule has 1 N–H and O–H groups in total. The molecule has 0 saturated carbocycles. The van der Waals surface area contributed by atoms with E-state index in [4.69, 9.17) is 0 Å². The van der Waals surface area contributed by atoms with Crippen LogP contribution in [0.2, 0.25) is 0 Å². The van der Waals surface area contributed by atoms with Gasteiger partial charge < -0.3 is 5.32 Å². The minimum atomic E-state index is -0.0620. The largest absolute Gasteiger partial charge is 0.355 e. The van der Waals surface area contributed by atoms with Crippen LogP contribution in [0.4, 0.5) is 0 Å². The smallest absolute Gasteiger partial charge is 0.220 e.